The first-order valence-electron chi connectivity index (χ1n) is 14.3. The van der Waals surface area contributed by atoms with Crippen LogP contribution in [0, 0.1) is 6.92 Å². The molecular weight excluding hydrogens is 558 g/mol. The number of hydrogen-bond donors (Lipinski definition) is 1. The molecule has 4 aromatic rings. The van der Waals surface area contributed by atoms with Crippen LogP contribution < -0.4 is 9.62 Å². The standard InChI is InChI=1S/C35H39N3O4S/c1-27-15-14-18-29(23-27)25-37(32(34(40)36-35(2,3)4)24-28-16-8-5-9-17-28)33(39)26-38(30-19-10-6-11-20-30)43(41,42)31-21-12-7-13-22-31/h5-23,32H,24-26H2,1-4H3,(H,36,40)/t32-/m0/s1. The second-order valence-electron chi connectivity index (χ2n) is 11.6. The normalized spacial score (nSPS) is 12.3. The van der Waals surface area contributed by atoms with Crippen molar-refractivity contribution in [1.29, 1.82) is 0 Å². The molecule has 0 aliphatic carbocycles. The van der Waals surface area contributed by atoms with E-state index >= 15 is 0 Å². The predicted octanol–water partition coefficient (Wildman–Crippen LogP) is 5.75. The Hall–Kier alpha value is -4.43. The zero-order chi connectivity index (χ0) is 31.0. The van der Waals surface area contributed by atoms with Crippen molar-refractivity contribution < 1.29 is 18.0 Å². The van der Waals surface area contributed by atoms with Gasteiger partial charge in [-0.25, -0.2) is 8.42 Å². The first kappa shape index (κ1) is 31.5. The highest BCUT2D eigenvalue weighted by Crippen LogP contribution is 2.25. The van der Waals surface area contributed by atoms with E-state index in [1.807, 2.05) is 82.3 Å². The van der Waals surface area contributed by atoms with E-state index in [0.717, 1.165) is 21.0 Å². The summed E-state index contributed by atoms with van der Waals surface area (Å²) in [5, 5.41) is 3.05. The van der Waals surface area contributed by atoms with Crippen molar-refractivity contribution in [3.05, 3.63) is 132 Å². The van der Waals surface area contributed by atoms with Gasteiger partial charge in [0.1, 0.15) is 12.6 Å². The summed E-state index contributed by atoms with van der Waals surface area (Å²) >= 11 is 0. The number of sulfonamides is 1. The summed E-state index contributed by atoms with van der Waals surface area (Å²) in [6.07, 6.45) is 0.261. The van der Waals surface area contributed by atoms with E-state index in [1.54, 1.807) is 48.5 Å². The molecule has 0 bridgehead atoms. The molecule has 8 heteroatoms. The summed E-state index contributed by atoms with van der Waals surface area (Å²) < 4.78 is 29.0. The number of amides is 2. The maximum absolute atomic E-state index is 14.4. The lowest BCUT2D eigenvalue weighted by molar-refractivity contribution is -0.140. The SMILES string of the molecule is Cc1cccc(CN(C(=O)CN(c2ccccc2)S(=O)(=O)c2ccccc2)[C@@H](Cc2ccccc2)C(=O)NC(C)(C)C)c1. The Kier molecular flexibility index (Phi) is 10.0. The van der Waals surface area contributed by atoms with Crippen LogP contribution in [-0.2, 0) is 32.6 Å². The van der Waals surface area contributed by atoms with Crippen LogP contribution in [0.2, 0.25) is 0 Å². The third kappa shape index (κ3) is 8.55. The van der Waals surface area contributed by atoms with Gasteiger partial charge in [-0.05, 0) is 63.1 Å². The zero-order valence-corrected chi connectivity index (χ0v) is 25.9. The highest BCUT2D eigenvalue weighted by molar-refractivity contribution is 7.92. The van der Waals surface area contributed by atoms with Gasteiger partial charge in [0.15, 0.2) is 0 Å². The maximum atomic E-state index is 14.4. The molecule has 224 valence electrons. The van der Waals surface area contributed by atoms with E-state index in [9.17, 15) is 18.0 Å². The fourth-order valence-electron chi connectivity index (χ4n) is 4.86. The average molecular weight is 598 g/mol. The third-order valence-corrected chi connectivity index (χ3v) is 8.65. The second-order valence-corrected chi connectivity index (χ2v) is 13.5. The van der Waals surface area contributed by atoms with E-state index in [2.05, 4.69) is 5.32 Å². The molecule has 0 fully saturated rings. The minimum Gasteiger partial charge on any atom is -0.350 e. The van der Waals surface area contributed by atoms with Crippen LogP contribution >= 0.6 is 0 Å². The topological polar surface area (TPSA) is 86.8 Å². The highest BCUT2D eigenvalue weighted by Gasteiger charge is 2.35. The quantitative estimate of drug-likeness (QED) is 0.239. The Morgan fingerprint density at radius 2 is 1.33 bits per heavy atom. The predicted molar refractivity (Wildman–Crippen MR) is 171 cm³/mol. The van der Waals surface area contributed by atoms with Gasteiger partial charge in [-0.1, -0.05) is 96.6 Å². The number of rotatable bonds is 11. The van der Waals surface area contributed by atoms with E-state index in [0.29, 0.717) is 5.69 Å². The molecule has 0 aliphatic heterocycles. The molecule has 1 atom stereocenters. The van der Waals surface area contributed by atoms with Gasteiger partial charge < -0.3 is 10.2 Å². The second kappa shape index (κ2) is 13.7. The smallest absolute Gasteiger partial charge is 0.264 e. The lowest BCUT2D eigenvalue weighted by Crippen LogP contribution is -2.56. The van der Waals surface area contributed by atoms with E-state index in [-0.39, 0.29) is 23.8 Å². The lowest BCUT2D eigenvalue weighted by Gasteiger charge is -2.35. The fraction of sp³-hybridized carbons (Fsp3) is 0.257. The van der Waals surface area contributed by atoms with Crippen LogP contribution in [0.5, 0.6) is 0 Å². The first-order valence-corrected chi connectivity index (χ1v) is 15.7. The lowest BCUT2D eigenvalue weighted by atomic mass is 10.0. The fourth-order valence-corrected chi connectivity index (χ4v) is 6.29. The van der Waals surface area contributed by atoms with Gasteiger partial charge in [-0.3, -0.25) is 13.9 Å². The Morgan fingerprint density at radius 1 is 0.767 bits per heavy atom. The summed E-state index contributed by atoms with van der Waals surface area (Å²) in [6, 6.07) is 33.0. The molecule has 0 aromatic heterocycles. The van der Waals surface area contributed by atoms with Crippen LogP contribution in [0.4, 0.5) is 5.69 Å². The van der Waals surface area contributed by atoms with Gasteiger partial charge in [0.2, 0.25) is 11.8 Å². The van der Waals surface area contributed by atoms with E-state index < -0.39 is 34.1 Å². The van der Waals surface area contributed by atoms with Gasteiger partial charge in [0.05, 0.1) is 10.6 Å². The van der Waals surface area contributed by atoms with Crippen LogP contribution in [0.25, 0.3) is 0 Å². The van der Waals surface area contributed by atoms with Crippen LogP contribution in [0.1, 0.15) is 37.5 Å². The summed E-state index contributed by atoms with van der Waals surface area (Å²) in [5.74, 6) is -0.801. The number of aryl methyl sites for hydroxylation is 1. The molecule has 0 saturated heterocycles. The van der Waals surface area contributed by atoms with Crippen molar-refractivity contribution in [2.45, 2.75) is 57.1 Å². The van der Waals surface area contributed by atoms with Gasteiger partial charge in [0, 0.05) is 18.5 Å². The van der Waals surface area contributed by atoms with Crippen molar-refractivity contribution in [2.75, 3.05) is 10.8 Å². The minimum atomic E-state index is -4.11. The summed E-state index contributed by atoms with van der Waals surface area (Å²) in [7, 11) is -4.11. The number of hydrogen-bond acceptors (Lipinski definition) is 4. The van der Waals surface area contributed by atoms with Gasteiger partial charge >= 0.3 is 0 Å². The molecule has 0 heterocycles. The van der Waals surface area contributed by atoms with Crippen molar-refractivity contribution in [3.63, 3.8) is 0 Å². The third-order valence-electron chi connectivity index (χ3n) is 6.86. The molecule has 0 aliphatic rings. The van der Waals surface area contributed by atoms with Crippen molar-refractivity contribution >= 4 is 27.5 Å². The Labute approximate surface area is 255 Å². The average Bonchev–Trinajstić information content (AvgIpc) is 2.98. The van der Waals surface area contributed by atoms with Crippen LogP contribution in [0.3, 0.4) is 0 Å². The Balaban J connectivity index is 1.80. The number of anilines is 1. The van der Waals surface area contributed by atoms with Crippen LogP contribution in [0.15, 0.2) is 120 Å². The van der Waals surface area contributed by atoms with Gasteiger partial charge in [0.25, 0.3) is 10.0 Å². The zero-order valence-electron chi connectivity index (χ0n) is 25.1. The molecule has 0 radical (unpaired) electrons. The number of carbonyl (C=O) groups is 2. The molecule has 7 nitrogen and oxygen atoms in total. The van der Waals surface area contributed by atoms with Gasteiger partial charge in [-0.2, -0.15) is 0 Å². The van der Waals surface area contributed by atoms with Crippen molar-refractivity contribution in [3.8, 4) is 0 Å². The van der Waals surface area contributed by atoms with E-state index in [4.69, 9.17) is 0 Å². The molecule has 4 rings (SSSR count). The van der Waals surface area contributed by atoms with E-state index in [1.165, 1.54) is 17.0 Å². The molecule has 0 spiro atoms. The van der Waals surface area contributed by atoms with Crippen LogP contribution in [-0.4, -0.2) is 43.3 Å². The number of nitrogens with zero attached hydrogens (tertiary/aromatic N) is 2. The first-order chi connectivity index (χ1) is 20.4. The number of para-hydroxylation sites is 1. The highest BCUT2D eigenvalue weighted by atomic mass is 32.2. The largest absolute Gasteiger partial charge is 0.350 e. The molecule has 0 saturated carbocycles. The number of nitrogens with one attached hydrogen (secondary N) is 1. The summed E-state index contributed by atoms with van der Waals surface area (Å²) in [4.78, 5) is 29.9. The van der Waals surface area contributed by atoms with Crippen molar-refractivity contribution in [2.24, 2.45) is 0 Å². The van der Waals surface area contributed by atoms with Crippen molar-refractivity contribution in [1.82, 2.24) is 10.2 Å². The molecule has 43 heavy (non-hydrogen) atoms. The Morgan fingerprint density at radius 3 is 1.91 bits per heavy atom. The molecular formula is C35H39N3O4S. The molecule has 4 aromatic carbocycles. The minimum absolute atomic E-state index is 0.0724. The molecule has 0 unspecified atom stereocenters. The number of benzene rings is 4. The molecule has 2 amide bonds. The summed E-state index contributed by atoms with van der Waals surface area (Å²) in [5.41, 5.74) is 2.55. The number of carbonyl (C=O) groups excluding carboxylic acids is 2. The Bertz CT molecular complexity index is 1620. The van der Waals surface area contributed by atoms with Gasteiger partial charge in [-0.15, -0.1) is 0 Å². The maximum Gasteiger partial charge on any atom is 0.264 e. The molecule has 1 N–H and O–H groups in total. The summed E-state index contributed by atoms with van der Waals surface area (Å²) in [6.45, 7) is 7.28. The monoisotopic (exact) mass is 597 g/mol.